The summed E-state index contributed by atoms with van der Waals surface area (Å²) < 4.78 is 1.73. The van der Waals surface area contributed by atoms with Crippen LogP contribution < -0.4 is 5.73 Å². The first-order chi connectivity index (χ1) is 8.56. The summed E-state index contributed by atoms with van der Waals surface area (Å²) >= 11 is 7.78. The van der Waals surface area contributed by atoms with Crippen LogP contribution in [0.25, 0.3) is 0 Å². The lowest BCUT2D eigenvalue weighted by Crippen LogP contribution is -2.17. The van der Waals surface area contributed by atoms with Gasteiger partial charge in [0.1, 0.15) is 6.33 Å². The van der Waals surface area contributed by atoms with Crippen molar-refractivity contribution in [2.24, 2.45) is 12.8 Å². The molecular formula is C12H15ClN4S. The highest BCUT2D eigenvalue weighted by Gasteiger charge is 2.07. The van der Waals surface area contributed by atoms with Crippen LogP contribution >= 0.6 is 23.4 Å². The van der Waals surface area contributed by atoms with Gasteiger partial charge >= 0.3 is 0 Å². The Hall–Kier alpha value is -1.04. The van der Waals surface area contributed by atoms with Crippen LogP contribution in [-0.4, -0.2) is 20.8 Å². The third-order valence-corrected chi connectivity index (χ3v) is 3.84. The molecule has 0 fully saturated rings. The van der Waals surface area contributed by atoms with Crippen LogP contribution in [0.5, 0.6) is 0 Å². The minimum absolute atomic E-state index is 0.111. The number of hydrogen-bond donors (Lipinski definition) is 1. The van der Waals surface area contributed by atoms with Crippen LogP contribution in [-0.2, 0) is 13.5 Å². The first-order valence-corrected chi connectivity index (χ1v) is 6.81. The molecule has 4 nitrogen and oxygen atoms in total. The molecular weight excluding hydrogens is 268 g/mol. The van der Waals surface area contributed by atoms with Crippen LogP contribution in [0.15, 0.2) is 34.6 Å². The number of hydrogen-bond acceptors (Lipinski definition) is 4. The van der Waals surface area contributed by atoms with E-state index in [1.165, 1.54) is 18.1 Å². The van der Waals surface area contributed by atoms with E-state index in [0.717, 1.165) is 27.1 Å². The molecule has 2 aromatic rings. The SMILES string of the molecule is CC(N)Cc1ccc(Sc2ncnn2C)cc1Cl. The Morgan fingerprint density at radius 2 is 2.28 bits per heavy atom. The average Bonchev–Trinajstić information content (AvgIpc) is 2.68. The van der Waals surface area contributed by atoms with Crippen molar-refractivity contribution in [2.45, 2.75) is 29.4 Å². The molecule has 0 radical (unpaired) electrons. The molecule has 0 spiro atoms. The lowest BCUT2D eigenvalue weighted by Gasteiger charge is -2.09. The minimum Gasteiger partial charge on any atom is -0.328 e. The normalized spacial score (nSPS) is 12.7. The number of aryl methyl sites for hydroxylation is 1. The summed E-state index contributed by atoms with van der Waals surface area (Å²) in [6, 6.07) is 6.10. The van der Waals surface area contributed by atoms with Gasteiger partial charge in [0.2, 0.25) is 0 Å². The Morgan fingerprint density at radius 1 is 1.50 bits per heavy atom. The molecule has 1 atom stereocenters. The van der Waals surface area contributed by atoms with Gasteiger partial charge in [-0.25, -0.2) is 9.67 Å². The molecule has 6 heteroatoms. The van der Waals surface area contributed by atoms with E-state index in [2.05, 4.69) is 10.1 Å². The summed E-state index contributed by atoms with van der Waals surface area (Å²) in [7, 11) is 1.86. The molecule has 0 saturated carbocycles. The molecule has 0 aliphatic rings. The van der Waals surface area contributed by atoms with Gasteiger partial charge < -0.3 is 5.73 Å². The zero-order valence-electron chi connectivity index (χ0n) is 10.3. The molecule has 1 heterocycles. The third-order valence-electron chi connectivity index (χ3n) is 2.45. The molecule has 96 valence electrons. The number of halogens is 1. The number of nitrogens with two attached hydrogens (primary N) is 1. The number of benzene rings is 1. The second-order valence-corrected chi connectivity index (χ2v) is 5.65. The van der Waals surface area contributed by atoms with Gasteiger partial charge in [-0.3, -0.25) is 0 Å². The van der Waals surface area contributed by atoms with E-state index in [4.69, 9.17) is 17.3 Å². The maximum atomic E-state index is 6.24. The Labute approximate surface area is 116 Å². The van der Waals surface area contributed by atoms with Crippen molar-refractivity contribution in [3.05, 3.63) is 35.1 Å². The van der Waals surface area contributed by atoms with Crippen LogP contribution in [0.4, 0.5) is 0 Å². The highest BCUT2D eigenvalue weighted by molar-refractivity contribution is 7.99. The predicted molar refractivity (Wildman–Crippen MR) is 73.9 cm³/mol. The monoisotopic (exact) mass is 282 g/mol. The van der Waals surface area contributed by atoms with Gasteiger partial charge in [0.25, 0.3) is 0 Å². The second kappa shape index (κ2) is 5.73. The Morgan fingerprint density at radius 3 is 2.83 bits per heavy atom. The highest BCUT2D eigenvalue weighted by Crippen LogP contribution is 2.29. The maximum absolute atomic E-state index is 6.24. The van der Waals surface area contributed by atoms with Crippen molar-refractivity contribution in [1.29, 1.82) is 0 Å². The number of nitrogens with zero attached hydrogens (tertiary/aromatic N) is 3. The molecule has 0 aliphatic heterocycles. The Bertz CT molecular complexity index is 539. The lowest BCUT2D eigenvalue weighted by atomic mass is 10.1. The largest absolute Gasteiger partial charge is 0.328 e. The minimum atomic E-state index is 0.111. The summed E-state index contributed by atoms with van der Waals surface area (Å²) in [6.07, 6.45) is 2.32. The van der Waals surface area contributed by atoms with Crippen molar-refractivity contribution in [3.8, 4) is 0 Å². The topological polar surface area (TPSA) is 56.7 Å². The second-order valence-electron chi connectivity index (χ2n) is 4.20. The van der Waals surface area contributed by atoms with Crippen molar-refractivity contribution in [2.75, 3.05) is 0 Å². The van der Waals surface area contributed by atoms with E-state index in [1.54, 1.807) is 4.68 Å². The molecule has 0 amide bonds. The standard InChI is InChI=1S/C12H15ClN4S/c1-8(14)5-9-3-4-10(6-11(9)13)18-12-15-7-16-17(12)2/h3-4,6-8H,5,14H2,1-2H3. The zero-order valence-corrected chi connectivity index (χ0v) is 11.9. The molecule has 1 aromatic carbocycles. The van der Waals surface area contributed by atoms with E-state index in [1.807, 2.05) is 32.2 Å². The first-order valence-electron chi connectivity index (χ1n) is 5.62. The summed E-state index contributed by atoms with van der Waals surface area (Å²) in [5.74, 6) is 0. The molecule has 1 unspecified atom stereocenters. The molecule has 0 saturated heterocycles. The van der Waals surface area contributed by atoms with E-state index in [9.17, 15) is 0 Å². The smallest absolute Gasteiger partial charge is 0.190 e. The van der Waals surface area contributed by atoms with Crippen molar-refractivity contribution < 1.29 is 0 Å². The van der Waals surface area contributed by atoms with Gasteiger partial charge in [0.05, 0.1) is 0 Å². The van der Waals surface area contributed by atoms with Crippen molar-refractivity contribution >= 4 is 23.4 Å². The van der Waals surface area contributed by atoms with Gasteiger partial charge in [-0.15, -0.1) is 0 Å². The van der Waals surface area contributed by atoms with Crippen LogP contribution in [0, 0.1) is 0 Å². The Kier molecular flexibility index (Phi) is 4.27. The van der Waals surface area contributed by atoms with Gasteiger partial charge in [0, 0.05) is 23.0 Å². The summed E-state index contributed by atoms with van der Waals surface area (Å²) in [4.78, 5) is 5.21. The van der Waals surface area contributed by atoms with E-state index in [0.29, 0.717) is 0 Å². The van der Waals surface area contributed by atoms with E-state index >= 15 is 0 Å². The van der Waals surface area contributed by atoms with Gasteiger partial charge in [-0.05, 0) is 31.0 Å². The fourth-order valence-electron chi connectivity index (χ4n) is 1.59. The highest BCUT2D eigenvalue weighted by atomic mass is 35.5. The summed E-state index contributed by atoms with van der Waals surface area (Å²) in [6.45, 7) is 1.97. The maximum Gasteiger partial charge on any atom is 0.190 e. The number of rotatable bonds is 4. The van der Waals surface area contributed by atoms with E-state index in [-0.39, 0.29) is 6.04 Å². The number of aromatic nitrogens is 3. The lowest BCUT2D eigenvalue weighted by molar-refractivity contribution is 0.685. The van der Waals surface area contributed by atoms with E-state index < -0.39 is 0 Å². The van der Waals surface area contributed by atoms with Crippen molar-refractivity contribution in [1.82, 2.24) is 14.8 Å². The fraction of sp³-hybridized carbons (Fsp3) is 0.333. The Balaban J connectivity index is 2.16. The zero-order chi connectivity index (χ0) is 13.1. The molecule has 1 aromatic heterocycles. The molecule has 18 heavy (non-hydrogen) atoms. The first kappa shape index (κ1) is 13.4. The van der Waals surface area contributed by atoms with Gasteiger partial charge in [-0.1, -0.05) is 29.4 Å². The fourth-order valence-corrected chi connectivity index (χ4v) is 2.71. The summed E-state index contributed by atoms with van der Waals surface area (Å²) in [5.41, 5.74) is 6.85. The molecule has 0 bridgehead atoms. The third kappa shape index (κ3) is 3.25. The summed E-state index contributed by atoms with van der Waals surface area (Å²) in [5, 5.41) is 5.62. The molecule has 2 N–H and O–H groups in total. The quantitative estimate of drug-likeness (QED) is 0.936. The van der Waals surface area contributed by atoms with Crippen LogP contribution in [0.1, 0.15) is 12.5 Å². The van der Waals surface area contributed by atoms with Crippen LogP contribution in [0.2, 0.25) is 5.02 Å². The van der Waals surface area contributed by atoms with Crippen molar-refractivity contribution in [3.63, 3.8) is 0 Å². The predicted octanol–water partition coefficient (Wildman–Crippen LogP) is 2.51. The van der Waals surface area contributed by atoms with Gasteiger partial charge in [0.15, 0.2) is 5.16 Å². The average molecular weight is 283 g/mol. The molecule has 0 aliphatic carbocycles. The molecule has 2 rings (SSSR count). The van der Waals surface area contributed by atoms with Crippen LogP contribution in [0.3, 0.4) is 0 Å². The van der Waals surface area contributed by atoms with Gasteiger partial charge in [-0.2, -0.15) is 5.10 Å².